The van der Waals surface area contributed by atoms with E-state index in [9.17, 15) is 4.79 Å². The van der Waals surface area contributed by atoms with Crippen molar-refractivity contribution in [3.05, 3.63) is 59.7 Å². The summed E-state index contributed by atoms with van der Waals surface area (Å²) in [5.41, 5.74) is 2.42. The van der Waals surface area contributed by atoms with E-state index in [4.69, 9.17) is 10.00 Å². The molecular formula is C20H24N3O2+. The summed E-state index contributed by atoms with van der Waals surface area (Å²) in [4.78, 5) is 13.5. The topological polar surface area (TPSA) is 66.6 Å². The lowest BCUT2D eigenvalue weighted by molar-refractivity contribution is -0.907. The van der Waals surface area contributed by atoms with Crippen molar-refractivity contribution in [1.82, 2.24) is 0 Å². The number of nitrogens with zero attached hydrogens (tertiary/aromatic N) is 1. The van der Waals surface area contributed by atoms with E-state index < -0.39 is 0 Å². The highest BCUT2D eigenvalue weighted by atomic mass is 16.5. The van der Waals surface area contributed by atoms with Crippen LogP contribution in [-0.2, 0) is 11.3 Å². The predicted octanol–water partition coefficient (Wildman–Crippen LogP) is 2.00. The normalized spacial score (nSPS) is 12.7. The minimum Gasteiger partial charge on any atom is -0.494 e. The van der Waals surface area contributed by atoms with E-state index in [2.05, 4.69) is 11.4 Å². The first kappa shape index (κ1) is 18.5. The molecule has 0 bridgehead atoms. The minimum absolute atomic E-state index is 0.0480. The van der Waals surface area contributed by atoms with E-state index >= 15 is 0 Å². The number of amides is 1. The largest absolute Gasteiger partial charge is 0.494 e. The van der Waals surface area contributed by atoms with Gasteiger partial charge in [-0.25, -0.2) is 0 Å². The molecule has 5 nitrogen and oxygen atoms in total. The third-order valence-corrected chi connectivity index (χ3v) is 4.13. The number of likely N-dealkylation sites (N-methyl/N-ethyl adjacent to an activating group) is 1. The molecule has 0 heterocycles. The first-order valence-corrected chi connectivity index (χ1v) is 8.38. The maximum Gasteiger partial charge on any atom is 0.282 e. The lowest BCUT2D eigenvalue weighted by Gasteiger charge is -2.21. The van der Waals surface area contributed by atoms with Gasteiger partial charge in [0.25, 0.3) is 5.91 Å². The summed E-state index contributed by atoms with van der Waals surface area (Å²) in [6.07, 6.45) is 0. The van der Waals surface area contributed by atoms with E-state index in [0.29, 0.717) is 17.9 Å². The molecule has 1 unspecified atom stereocenters. The molecule has 0 aliphatic rings. The van der Waals surface area contributed by atoms with Crippen molar-refractivity contribution in [1.29, 1.82) is 5.26 Å². The highest BCUT2D eigenvalue weighted by molar-refractivity contribution is 5.93. The van der Waals surface area contributed by atoms with Crippen LogP contribution in [0, 0.1) is 11.3 Å². The van der Waals surface area contributed by atoms with Crippen LogP contribution < -0.4 is 15.0 Å². The van der Waals surface area contributed by atoms with E-state index in [0.717, 1.165) is 22.8 Å². The number of carbonyl (C=O) groups is 1. The standard InChI is InChI=1S/C20H23N3O2/c1-4-25-19-11-7-17(8-12-19)14-23(3)15(2)20(24)22-18-9-5-16(13-21)6-10-18/h5-12,15H,4,14H2,1-3H3,(H,22,24)/p+1/t15-/m0/s1. The zero-order valence-electron chi connectivity index (χ0n) is 14.9. The molecule has 0 aliphatic heterocycles. The lowest BCUT2D eigenvalue weighted by atomic mass is 10.1. The molecule has 0 saturated carbocycles. The fraction of sp³-hybridized carbons (Fsp3) is 0.300. The average Bonchev–Trinajstić information content (AvgIpc) is 2.63. The molecule has 0 spiro atoms. The molecule has 0 saturated heterocycles. The smallest absolute Gasteiger partial charge is 0.282 e. The predicted molar refractivity (Wildman–Crippen MR) is 97.5 cm³/mol. The Morgan fingerprint density at radius 1 is 1.20 bits per heavy atom. The molecule has 0 fully saturated rings. The molecule has 25 heavy (non-hydrogen) atoms. The number of hydrogen-bond donors (Lipinski definition) is 2. The van der Waals surface area contributed by atoms with E-state index in [1.54, 1.807) is 24.3 Å². The van der Waals surface area contributed by atoms with Gasteiger partial charge in [0.2, 0.25) is 0 Å². The summed E-state index contributed by atoms with van der Waals surface area (Å²) in [6, 6.07) is 16.7. The molecule has 2 aromatic carbocycles. The molecule has 0 radical (unpaired) electrons. The third kappa shape index (κ3) is 5.33. The lowest BCUT2D eigenvalue weighted by Crippen LogP contribution is -3.12. The Morgan fingerprint density at radius 3 is 2.40 bits per heavy atom. The summed E-state index contributed by atoms with van der Waals surface area (Å²) in [5, 5.41) is 11.7. The number of hydrogen-bond acceptors (Lipinski definition) is 3. The zero-order chi connectivity index (χ0) is 18.2. The molecule has 5 heteroatoms. The van der Waals surface area contributed by atoms with Crippen LogP contribution in [0.3, 0.4) is 0 Å². The number of nitriles is 1. The van der Waals surface area contributed by atoms with Crippen molar-refractivity contribution in [3.63, 3.8) is 0 Å². The second-order valence-electron chi connectivity index (χ2n) is 6.00. The van der Waals surface area contributed by atoms with Gasteiger partial charge in [0, 0.05) is 11.3 Å². The van der Waals surface area contributed by atoms with Crippen LogP contribution >= 0.6 is 0 Å². The van der Waals surface area contributed by atoms with Crippen LogP contribution in [0.1, 0.15) is 25.0 Å². The van der Waals surface area contributed by atoms with Gasteiger partial charge in [0.05, 0.1) is 25.3 Å². The van der Waals surface area contributed by atoms with E-state index in [1.807, 2.05) is 45.2 Å². The molecule has 1 amide bonds. The quantitative estimate of drug-likeness (QED) is 0.811. The summed E-state index contributed by atoms with van der Waals surface area (Å²) in [6.45, 7) is 5.26. The molecule has 2 atom stereocenters. The summed E-state index contributed by atoms with van der Waals surface area (Å²) in [5.74, 6) is 0.809. The maximum absolute atomic E-state index is 12.4. The van der Waals surface area contributed by atoms with Gasteiger partial charge in [-0.1, -0.05) is 0 Å². The molecule has 2 aromatic rings. The Balaban J connectivity index is 1.92. The average molecular weight is 338 g/mol. The van der Waals surface area contributed by atoms with Gasteiger partial charge >= 0.3 is 0 Å². The summed E-state index contributed by atoms with van der Waals surface area (Å²) >= 11 is 0. The molecule has 130 valence electrons. The first-order chi connectivity index (χ1) is 12.0. The van der Waals surface area contributed by atoms with E-state index in [1.165, 1.54) is 0 Å². The van der Waals surface area contributed by atoms with Crippen molar-refractivity contribution in [3.8, 4) is 11.8 Å². The maximum atomic E-state index is 12.4. The summed E-state index contributed by atoms with van der Waals surface area (Å²) < 4.78 is 5.44. The Labute approximate surface area is 148 Å². The van der Waals surface area contributed by atoms with Crippen LogP contribution in [0.4, 0.5) is 5.69 Å². The number of carbonyl (C=O) groups excluding carboxylic acids is 1. The molecule has 0 aromatic heterocycles. The Bertz CT molecular complexity index is 733. The third-order valence-electron chi connectivity index (χ3n) is 4.13. The number of nitrogens with one attached hydrogen (secondary N) is 2. The highest BCUT2D eigenvalue weighted by Gasteiger charge is 2.22. The van der Waals surface area contributed by atoms with Crippen molar-refractivity contribution in [2.45, 2.75) is 26.4 Å². The van der Waals surface area contributed by atoms with Crippen LogP contribution in [0.5, 0.6) is 5.75 Å². The van der Waals surface area contributed by atoms with Crippen molar-refractivity contribution < 1.29 is 14.4 Å². The number of ether oxygens (including phenoxy) is 1. The van der Waals surface area contributed by atoms with Gasteiger partial charge in [-0.15, -0.1) is 0 Å². The molecule has 2 N–H and O–H groups in total. The zero-order valence-corrected chi connectivity index (χ0v) is 14.9. The van der Waals surface area contributed by atoms with Gasteiger partial charge in [0.15, 0.2) is 6.04 Å². The van der Waals surface area contributed by atoms with E-state index in [-0.39, 0.29) is 11.9 Å². The molecular weight excluding hydrogens is 314 g/mol. The minimum atomic E-state index is -0.206. The fourth-order valence-corrected chi connectivity index (χ4v) is 2.45. The van der Waals surface area contributed by atoms with Crippen LogP contribution in [0.15, 0.2) is 48.5 Å². The highest BCUT2D eigenvalue weighted by Crippen LogP contribution is 2.11. The van der Waals surface area contributed by atoms with Crippen LogP contribution in [0.2, 0.25) is 0 Å². The van der Waals surface area contributed by atoms with Crippen molar-refractivity contribution >= 4 is 11.6 Å². The summed E-state index contributed by atoms with van der Waals surface area (Å²) in [7, 11) is 2.00. The van der Waals surface area contributed by atoms with Gasteiger partial charge in [-0.2, -0.15) is 5.26 Å². The molecule has 0 aliphatic carbocycles. The fourth-order valence-electron chi connectivity index (χ4n) is 2.45. The van der Waals surface area contributed by atoms with Crippen LogP contribution in [-0.4, -0.2) is 25.6 Å². The Morgan fingerprint density at radius 2 is 1.84 bits per heavy atom. The SMILES string of the molecule is CCOc1ccc(C[NH+](C)[C@@H](C)C(=O)Nc2ccc(C#N)cc2)cc1. The number of quaternary nitrogens is 1. The Kier molecular flexibility index (Phi) is 6.55. The van der Waals surface area contributed by atoms with Crippen molar-refractivity contribution in [2.24, 2.45) is 0 Å². The number of anilines is 1. The monoisotopic (exact) mass is 338 g/mol. The second-order valence-corrected chi connectivity index (χ2v) is 6.00. The first-order valence-electron chi connectivity index (χ1n) is 8.38. The Hall–Kier alpha value is -2.84. The van der Waals surface area contributed by atoms with Gasteiger partial charge < -0.3 is 15.0 Å². The molecule has 2 rings (SSSR count). The number of rotatable bonds is 7. The van der Waals surface area contributed by atoms with Crippen LogP contribution in [0.25, 0.3) is 0 Å². The van der Waals surface area contributed by atoms with Gasteiger partial charge in [-0.3, -0.25) is 4.79 Å². The second kappa shape index (κ2) is 8.86. The van der Waals surface area contributed by atoms with Crippen molar-refractivity contribution in [2.75, 3.05) is 19.0 Å². The van der Waals surface area contributed by atoms with Gasteiger partial charge in [-0.05, 0) is 62.4 Å². The van der Waals surface area contributed by atoms with Gasteiger partial charge in [0.1, 0.15) is 12.3 Å². The number of benzene rings is 2.